The minimum Gasteiger partial charge on any atom is -0.462 e. The summed E-state index contributed by atoms with van der Waals surface area (Å²) in [5.74, 6) is -8.31. The van der Waals surface area contributed by atoms with E-state index in [1.165, 1.54) is 6.42 Å². The summed E-state index contributed by atoms with van der Waals surface area (Å²) >= 11 is 0. The number of carbonyl (C=O) groups is 14. The molecule has 3 saturated carbocycles. The molecule has 1 spiro atoms. The van der Waals surface area contributed by atoms with Gasteiger partial charge in [0, 0.05) is 24.7 Å². The number of hydrogen-bond acceptors (Lipinski definition) is 39. The number of esters is 14. The molecule has 27 atom stereocenters. The zero-order valence-corrected chi connectivity index (χ0v) is 83.2. The Balaban J connectivity index is -0.000000821. The highest BCUT2D eigenvalue weighted by Gasteiger charge is 2.69. The van der Waals surface area contributed by atoms with E-state index in [9.17, 15) is 77.3 Å². The van der Waals surface area contributed by atoms with Gasteiger partial charge in [0.25, 0.3) is 0 Å². The zero-order valence-electron chi connectivity index (χ0n) is 83.2. The van der Waals surface area contributed by atoms with E-state index >= 15 is 0 Å². The lowest BCUT2D eigenvalue weighted by Gasteiger charge is -2.33. The van der Waals surface area contributed by atoms with E-state index in [2.05, 4.69) is 0 Å². The van der Waals surface area contributed by atoms with Crippen molar-refractivity contribution in [3.05, 3.63) is 12.2 Å². The molecule has 0 aromatic heterocycles. The molecule has 878 valence electrons. The summed E-state index contributed by atoms with van der Waals surface area (Å²) in [6.45, 7) is 45.8. The van der Waals surface area contributed by atoms with E-state index in [-0.39, 0.29) is 207 Å². The third kappa shape index (κ3) is 32.6. The lowest BCUT2D eigenvalue weighted by molar-refractivity contribution is -0.246. The normalized spacial score (nSPS) is 32.1. The Hall–Kier alpha value is -8.12. The first-order valence-electron chi connectivity index (χ1n) is 48.2. The molecule has 0 radical (unpaired) electrons. The standard InChI is InChI=1S/C18H26O7.C16H24O6.C15H22O7.C13H20O4.C13H18O4.C12H18O7.C10H16O4.14CH4/c1-4-17(2,3)16(20)23-12-10-11(21-14(12)19)13-15(22-10)25-18(24-13)8-6-5-7-9-18;1-6-15(2,3)14(18)20-11-8-7-9-12(10(8)19-13(11)17)22-16(4,5)21-9;1-6-14(2,3)13(17)20-9-7-8(18-11(9)16)10-12(19-7)22-15(4,5)21-10;2*1-4-13(2,3)12(15)17-10-8-6-5-7-9(8)16-11(10)14;1-4-12(2,3)11(16)19-8-7-6(17-10(8)15)5(13)9(14)18-7;1-4-10(2,3)9(12)14-7-5-8(11)13-6-7;;;;;;;;;;;;;;/h10-13,15H,4-9H2,1-3H3;8-12H,6-7H2,1-5H3;7-10,12H,6H2,1-5H3;8-10H,4-7H2,1-3H3;5,7-10H,4,6H2,1-3H3;5-9,13-14H,4H2,1-3H3;7H,4-6H2,1-3H3;14*1H4. The molecule has 13 aliphatic heterocycles. The topological polar surface area (TPSA) is 492 Å². The first kappa shape index (κ1) is 148. The van der Waals surface area contributed by atoms with Crippen LogP contribution >= 0.6 is 0 Å². The summed E-state index contributed by atoms with van der Waals surface area (Å²) in [6.07, 6.45) is 1.31. The number of hydrogen-bond donors (Lipinski definition) is 2. The molecule has 13 saturated heterocycles. The molecule has 39 heteroatoms. The van der Waals surface area contributed by atoms with Crippen molar-refractivity contribution >= 4 is 83.6 Å². The number of cyclic esters (lactones) is 1. The molecule has 0 bridgehead atoms. The zero-order chi connectivity index (χ0) is 101. The van der Waals surface area contributed by atoms with Crippen molar-refractivity contribution in [2.75, 3.05) is 6.61 Å². The Morgan fingerprint density at radius 1 is 0.333 bits per heavy atom. The highest BCUT2D eigenvalue weighted by molar-refractivity contribution is 5.88. The van der Waals surface area contributed by atoms with Gasteiger partial charge in [0.05, 0.1) is 56.3 Å². The summed E-state index contributed by atoms with van der Waals surface area (Å²) in [4.78, 5) is 166. The number of aliphatic hydroxyl groups excluding tert-OH is 2. The van der Waals surface area contributed by atoms with Crippen LogP contribution in [0.1, 0.15) is 393 Å². The highest BCUT2D eigenvalue weighted by Crippen LogP contribution is 2.52. The average Bonchev–Trinajstić information content (AvgIpc) is 1.57. The van der Waals surface area contributed by atoms with Crippen molar-refractivity contribution < 1.29 is 186 Å². The molecule has 150 heavy (non-hydrogen) atoms. The molecule has 2 N–H and O–H groups in total. The number of carbonyl (C=O) groups excluding carboxylic acids is 14. The van der Waals surface area contributed by atoms with Crippen molar-refractivity contribution in [3.63, 3.8) is 0 Å². The molecule has 0 amide bonds. The van der Waals surface area contributed by atoms with E-state index < -0.39 is 213 Å². The van der Waals surface area contributed by atoms with Crippen LogP contribution in [0.25, 0.3) is 0 Å². The van der Waals surface area contributed by atoms with E-state index in [0.29, 0.717) is 51.4 Å². The second-order valence-electron chi connectivity index (χ2n) is 43.2. The van der Waals surface area contributed by atoms with Gasteiger partial charge in [-0.3, -0.25) is 38.4 Å². The molecule has 39 nitrogen and oxygen atoms in total. The van der Waals surface area contributed by atoms with Crippen LogP contribution in [0.4, 0.5) is 0 Å². The Kier molecular flexibility index (Phi) is 56.8. The van der Waals surface area contributed by atoms with Gasteiger partial charge in [-0.05, 0) is 221 Å². The van der Waals surface area contributed by atoms with Crippen molar-refractivity contribution in [2.24, 2.45) is 55.7 Å². The number of fused-ring (bicyclic) bond motifs is 12. The van der Waals surface area contributed by atoms with E-state index in [1.54, 1.807) is 55.4 Å². The second kappa shape index (κ2) is 57.5. The van der Waals surface area contributed by atoms with Gasteiger partial charge >= 0.3 is 83.6 Å². The van der Waals surface area contributed by atoms with Crippen LogP contribution in [0, 0.1) is 55.7 Å². The molecule has 16 fully saturated rings. The summed E-state index contributed by atoms with van der Waals surface area (Å²) in [6, 6.07) is 0. The van der Waals surface area contributed by atoms with Crippen molar-refractivity contribution in [1.82, 2.24) is 0 Å². The summed E-state index contributed by atoms with van der Waals surface area (Å²) in [5, 5.41) is 18.9. The molecular formula is C111H200O39. The maximum absolute atomic E-state index is 12.3. The van der Waals surface area contributed by atoms with Gasteiger partial charge in [0.2, 0.25) is 36.6 Å². The molecule has 0 aromatic rings. The van der Waals surface area contributed by atoms with Gasteiger partial charge in [0.1, 0.15) is 61.5 Å². The van der Waals surface area contributed by atoms with Crippen LogP contribution in [0.5, 0.6) is 0 Å². The number of rotatable bonds is 21. The molecule has 4 aliphatic carbocycles. The van der Waals surface area contributed by atoms with Crippen LogP contribution in [0.3, 0.4) is 0 Å². The number of allylic oxidation sites excluding steroid dienone is 1. The van der Waals surface area contributed by atoms with E-state index in [4.69, 9.17) is 109 Å². The summed E-state index contributed by atoms with van der Waals surface area (Å²) in [7, 11) is 0. The second-order valence-corrected chi connectivity index (χ2v) is 43.2. The molecule has 0 aromatic carbocycles. The first-order chi connectivity index (χ1) is 63.3. The Morgan fingerprint density at radius 2 is 0.667 bits per heavy atom. The van der Waals surface area contributed by atoms with Gasteiger partial charge in [-0.2, -0.15) is 0 Å². The molecule has 17 aliphatic rings. The third-order valence-corrected chi connectivity index (χ3v) is 29.5. The first-order valence-corrected chi connectivity index (χ1v) is 48.2. The van der Waals surface area contributed by atoms with Crippen LogP contribution in [-0.4, -0.2) is 265 Å². The third-order valence-electron chi connectivity index (χ3n) is 29.5. The highest BCUT2D eigenvalue weighted by atomic mass is 16.9. The van der Waals surface area contributed by atoms with Crippen LogP contribution in [0.2, 0.25) is 0 Å². The Labute approximate surface area is 897 Å². The molecule has 27 unspecified atom stereocenters. The van der Waals surface area contributed by atoms with Crippen LogP contribution < -0.4 is 0 Å². The van der Waals surface area contributed by atoms with Crippen molar-refractivity contribution in [2.45, 2.75) is 557 Å². The van der Waals surface area contributed by atoms with E-state index in [1.807, 2.05) is 130 Å². The SMILES string of the molecule is C.C.C.C.C.C.C.C.C.C.C.C.C.C.CCC(C)(C)C(=O)OC1C(=O)OC2C(O)C(O)OC12.CCC(C)(C)C(=O)OC1C(=O)OC2C1CC1OC(C)(C)OC12.CCC(C)(C)C(=O)OC1C(=O)OC2C3OC(C)(C)OC3OC12.CCC(C)(C)C(=O)OC1C(=O)OC2C3OC4(CCCCC4)OC3OC12.CCC(C)(C)C(=O)OC1C(=O)OC2C=CCC21.CCC(C)(C)C(=O)OC1C(=O)OC2CCCC21.CCC(C)(C)C(=O)OC1COC(=O)C1. The van der Waals surface area contributed by atoms with E-state index in [0.717, 1.165) is 51.4 Å². The van der Waals surface area contributed by atoms with Crippen LogP contribution in [0.15, 0.2) is 12.2 Å². The summed E-state index contributed by atoms with van der Waals surface area (Å²) < 4.78 is 125. The fraction of sp³-hybridized carbons (Fsp3) is 0.856. The molecule has 13 heterocycles. The molecular weight excluding hydrogens is 1960 g/mol. The molecule has 17 rings (SSSR count). The maximum Gasteiger partial charge on any atom is 0.350 e. The predicted octanol–water partition coefficient (Wildman–Crippen LogP) is 18.4. The van der Waals surface area contributed by atoms with Gasteiger partial charge in [-0.1, -0.05) is 165 Å². The Bertz CT molecular complexity index is 4300. The van der Waals surface area contributed by atoms with Crippen molar-refractivity contribution in [3.8, 4) is 0 Å². The summed E-state index contributed by atoms with van der Waals surface area (Å²) in [5.41, 5.74) is -4.23. The monoisotopic (exact) mass is 2160 g/mol. The maximum atomic E-state index is 12.3. The minimum absolute atomic E-state index is 0. The fourth-order valence-electron chi connectivity index (χ4n) is 17.4. The number of aliphatic hydroxyl groups is 2. The lowest BCUT2D eigenvalue weighted by Crippen LogP contribution is -2.41. The predicted molar refractivity (Wildman–Crippen MR) is 559 cm³/mol. The van der Waals surface area contributed by atoms with Crippen molar-refractivity contribution in [1.29, 1.82) is 0 Å². The smallest absolute Gasteiger partial charge is 0.350 e. The minimum atomic E-state index is -1.44. The van der Waals surface area contributed by atoms with Gasteiger partial charge in [-0.25, -0.2) is 28.8 Å². The van der Waals surface area contributed by atoms with Gasteiger partial charge < -0.3 is 119 Å². The van der Waals surface area contributed by atoms with Gasteiger partial charge in [0.15, 0.2) is 66.8 Å². The average molecular weight is 2160 g/mol. The Morgan fingerprint density at radius 3 is 1.07 bits per heavy atom. The largest absolute Gasteiger partial charge is 0.462 e. The van der Waals surface area contributed by atoms with Crippen LogP contribution in [-0.2, 0) is 176 Å². The fourth-order valence-corrected chi connectivity index (χ4v) is 17.4. The lowest BCUT2D eigenvalue weighted by atomic mass is 9.90. The quantitative estimate of drug-likeness (QED) is 0.0612. The van der Waals surface area contributed by atoms with Gasteiger partial charge in [-0.15, -0.1) is 0 Å². The number of ether oxygens (including phenoxy) is 23.